The maximum atomic E-state index is 12.9. The lowest BCUT2D eigenvalue weighted by Gasteiger charge is -2.03. The van der Waals surface area contributed by atoms with Crippen LogP contribution in [0.1, 0.15) is 5.56 Å². The van der Waals surface area contributed by atoms with Crippen molar-refractivity contribution < 1.29 is 18.7 Å². The van der Waals surface area contributed by atoms with Crippen molar-refractivity contribution in [1.82, 2.24) is 0 Å². The van der Waals surface area contributed by atoms with E-state index in [1.807, 2.05) is 6.07 Å². The van der Waals surface area contributed by atoms with Gasteiger partial charge in [0, 0.05) is 5.56 Å². The first kappa shape index (κ1) is 12.7. The van der Waals surface area contributed by atoms with Crippen molar-refractivity contribution in [2.24, 2.45) is 0 Å². The molecule has 2 aromatic carbocycles. The van der Waals surface area contributed by atoms with Gasteiger partial charge in [-0.15, -0.1) is 0 Å². The van der Waals surface area contributed by atoms with Crippen molar-refractivity contribution in [1.29, 1.82) is 0 Å². The van der Waals surface area contributed by atoms with E-state index in [-0.39, 0.29) is 12.4 Å². The Hall–Kier alpha value is -2.33. The average molecular weight is 272 g/mol. The van der Waals surface area contributed by atoms with Crippen LogP contribution in [-0.2, 0) is 6.61 Å². The van der Waals surface area contributed by atoms with Crippen molar-refractivity contribution in [2.45, 2.75) is 6.61 Å². The molecule has 0 atom stereocenters. The van der Waals surface area contributed by atoms with Crippen molar-refractivity contribution >= 4 is 11.0 Å². The lowest BCUT2D eigenvalue weighted by atomic mass is 10.1. The first-order chi connectivity index (χ1) is 9.71. The zero-order valence-electron chi connectivity index (χ0n) is 10.9. The normalized spacial score (nSPS) is 10.9. The molecule has 0 aliphatic carbocycles. The van der Waals surface area contributed by atoms with Crippen LogP contribution in [0, 0.1) is 5.82 Å². The minimum Gasteiger partial charge on any atom is -0.496 e. The quantitative estimate of drug-likeness (QED) is 0.789. The standard InChI is InChI=1S/C16H13FO3/c1-19-15-6-10(9-18)7-16-13(15)8-14(20-16)11-2-4-12(17)5-3-11/h2-8,18H,9H2,1H3. The highest BCUT2D eigenvalue weighted by atomic mass is 19.1. The minimum absolute atomic E-state index is 0.0844. The number of methoxy groups -OCH3 is 1. The smallest absolute Gasteiger partial charge is 0.138 e. The van der Waals surface area contributed by atoms with Crippen LogP contribution >= 0.6 is 0 Å². The molecule has 0 bridgehead atoms. The van der Waals surface area contributed by atoms with E-state index < -0.39 is 0 Å². The van der Waals surface area contributed by atoms with Gasteiger partial charge in [0.15, 0.2) is 0 Å². The van der Waals surface area contributed by atoms with E-state index in [2.05, 4.69) is 0 Å². The average Bonchev–Trinajstić information content (AvgIpc) is 2.90. The van der Waals surface area contributed by atoms with E-state index in [1.165, 1.54) is 12.1 Å². The molecule has 0 spiro atoms. The van der Waals surface area contributed by atoms with Gasteiger partial charge < -0.3 is 14.3 Å². The highest BCUT2D eigenvalue weighted by molar-refractivity contribution is 5.89. The molecule has 1 heterocycles. The third-order valence-corrected chi connectivity index (χ3v) is 3.19. The monoisotopic (exact) mass is 272 g/mol. The summed E-state index contributed by atoms with van der Waals surface area (Å²) in [5.41, 5.74) is 2.14. The fourth-order valence-electron chi connectivity index (χ4n) is 2.18. The van der Waals surface area contributed by atoms with E-state index in [1.54, 1.807) is 31.4 Å². The van der Waals surface area contributed by atoms with Crippen molar-refractivity contribution in [3.63, 3.8) is 0 Å². The lowest BCUT2D eigenvalue weighted by Crippen LogP contribution is -1.87. The van der Waals surface area contributed by atoms with Crippen molar-refractivity contribution in [2.75, 3.05) is 7.11 Å². The first-order valence-electron chi connectivity index (χ1n) is 6.18. The molecule has 1 N–H and O–H groups in total. The Balaban J connectivity index is 2.16. The maximum Gasteiger partial charge on any atom is 0.138 e. The summed E-state index contributed by atoms with van der Waals surface area (Å²) in [5.74, 6) is 0.988. The molecule has 0 amide bonds. The number of rotatable bonds is 3. The van der Waals surface area contributed by atoms with Gasteiger partial charge in [-0.1, -0.05) is 0 Å². The summed E-state index contributed by atoms with van der Waals surface area (Å²) in [4.78, 5) is 0. The third kappa shape index (κ3) is 2.14. The summed E-state index contributed by atoms with van der Waals surface area (Å²) in [6.45, 7) is -0.0844. The van der Waals surface area contributed by atoms with E-state index in [0.717, 1.165) is 10.9 Å². The molecule has 0 fully saturated rings. The predicted molar refractivity (Wildman–Crippen MR) is 74.1 cm³/mol. The fraction of sp³-hybridized carbons (Fsp3) is 0.125. The van der Waals surface area contributed by atoms with Gasteiger partial charge in [-0.05, 0) is 48.0 Å². The molecule has 20 heavy (non-hydrogen) atoms. The molecule has 0 unspecified atom stereocenters. The SMILES string of the molecule is COc1cc(CO)cc2oc(-c3ccc(F)cc3)cc12. The molecule has 1 aromatic heterocycles. The van der Waals surface area contributed by atoms with Gasteiger partial charge in [0.25, 0.3) is 0 Å². The first-order valence-corrected chi connectivity index (χ1v) is 6.18. The molecule has 3 rings (SSSR count). The second-order valence-corrected chi connectivity index (χ2v) is 4.49. The van der Waals surface area contributed by atoms with Crippen molar-refractivity contribution in [3.8, 4) is 17.1 Å². The molecule has 3 aromatic rings. The topological polar surface area (TPSA) is 42.6 Å². The van der Waals surface area contributed by atoms with E-state index >= 15 is 0 Å². The van der Waals surface area contributed by atoms with Crippen molar-refractivity contribution in [3.05, 3.63) is 53.8 Å². The molecule has 0 saturated carbocycles. The zero-order valence-corrected chi connectivity index (χ0v) is 10.9. The summed E-state index contributed by atoms with van der Waals surface area (Å²) in [7, 11) is 1.57. The molecule has 4 heteroatoms. The Morgan fingerprint density at radius 3 is 2.55 bits per heavy atom. The molecule has 0 aliphatic heterocycles. The van der Waals surface area contributed by atoms with E-state index in [0.29, 0.717) is 22.7 Å². The van der Waals surface area contributed by atoms with Crippen LogP contribution in [0.25, 0.3) is 22.3 Å². The largest absolute Gasteiger partial charge is 0.496 e. The van der Waals surface area contributed by atoms with Gasteiger partial charge in [-0.2, -0.15) is 0 Å². The van der Waals surface area contributed by atoms with Gasteiger partial charge in [0.05, 0.1) is 19.1 Å². The highest BCUT2D eigenvalue weighted by Crippen LogP contribution is 2.34. The van der Waals surface area contributed by atoms with E-state index in [4.69, 9.17) is 9.15 Å². The van der Waals surface area contributed by atoms with Crippen LogP contribution in [0.4, 0.5) is 4.39 Å². The van der Waals surface area contributed by atoms with Crippen LogP contribution in [0.15, 0.2) is 46.9 Å². The summed E-state index contributed by atoms with van der Waals surface area (Å²) >= 11 is 0. The van der Waals surface area contributed by atoms with Crippen LogP contribution in [-0.4, -0.2) is 12.2 Å². The number of hydrogen-bond donors (Lipinski definition) is 1. The number of halogens is 1. The number of hydrogen-bond acceptors (Lipinski definition) is 3. The second-order valence-electron chi connectivity index (χ2n) is 4.49. The second kappa shape index (κ2) is 4.98. The number of aliphatic hydroxyl groups is 1. The van der Waals surface area contributed by atoms with Gasteiger partial charge in [0.1, 0.15) is 22.9 Å². The molecule has 0 radical (unpaired) electrons. The Bertz CT molecular complexity index is 744. The Kier molecular flexibility index (Phi) is 3.16. The number of ether oxygens (including phenoxy) is 1. The Labute approximate surface area is 115 Å². The third-order valence-electron chi connectivity index (χ3n) is 3.19. The Morgan fingerprint density at radius 2 is 1.90 bits per heavy atom. The lowest BCUT2D eigenvalue weighted by molar-refractivity contribution is 0.281. The molecule has 3 nitrogen and oxygen atoms in total. The van der Waals surface area contributed by atoms with Crippen LogP contribution in [0.2, 0.25) is 0 Å². The highest BCUT2D eigenvalue weighted by Gasteiger charge is 2.12. The molecular weight excluding hydrogens is 259 g/mol. The Morgan fingerprint density at radius 1 is 1.15 bits per heavy atom. The summed E-state index contributed by atoms with van der Waals surface area (Å²) in [5, 5.41) is 10.1. The maximum absolute atomic E-state index is 12.9. The molecule has 0 saturated heterocycles. The molecule has 102 valence electrons. The van der Waals surface area contributed by atoms with Gasteiger partial charge in [-0.25, -0.2) is 4.39 Å². The van der Waals surface area contributed by atoms with Crippen LogP contribution < -0.4 is 4.74 Å². The summed E-state index contributed by atoms with van der Waals surface area (Å²) in [6, 6.07) is 11.5. The molecular formula is C16H13FO3. The number of aliphatic hydroxyl groups excluding tert-OH is 1. The number of furan rings is 1. The van der Waals surface area contributed by atoms with Crippen LogP contribution in [0.3, 0.4) is 0 Å². The predicted octanol–water partition coefficient (Wildman–Crippen LogP) is 3.74. The van der Waals surface area contributed by atoms with Crippen LogP contribution in [0.5, 0.6) is 5.75 Å². The molecule has 0 aliphatic rings. The fourth-order valence-corrected chi connectivity index (χ4v) is 2.18. The zero-order chi connectivity index (χ0) is 14.1. The summed E-state index contributed by atoms with van der Waals surface area (Å²) < 4.78 is 24.0. The van der Waals surface area contributed by atoms with Gasteiger partial charge >= 0.3 is 0 Å². The minimum atomic E-state index is -0.287. The van der Waals surface area contributed by atoms with Gasteiger partial charge in [0.2, 0.25) is 0 Å². The summed E-state index contributed by atoms with van der Waals surface area (Å²) in [6.07, 6.45) is 0. The van der Waals surface area contributed by atoms with E-state index in [9.17, 15) is 9.50 Å². The number of fused-ring (bicyclic) bond motifs is 1. The van der Waals surface area contributed by atoms with Gasteiger partial charge in [-0.3, -0.25) is 0 Å². The number of benzene rings is 2.